The average Bonchev–Trinajstić information content (AvgIpc) is 3.07. The Morgan fingerprint density at radius 3 is 2.84 bits per heavy atom. The maximum atomic E-state index is 12.2. The summed E-state index contributed by atoms with van der Waals surface area (Å²) >= 11 is 0. The molecule has 2 aliphatic rings. The Kier molecular flexibility index (Phi) is 6.56. The Labute approximate surface area is 151 Å². The number of nitrogens with zero attached hydrogens (tertiary/aromatic N) is 2. The van der Waals surface area contributed by atoms with Gasteiger partial charge in [-0.3, -0.25) is 4.90 Å². The van der Waals surface area contributed by atoms with Gasteiger partial charge in [0.1, 0.15) is 5.75 Å². The van der Waals surface area contributed by atoms with Crippen molar-refractivity contribution in [3.05, 3.63) is 23.8 Å². The summed E-state index contributed by atoms with van der Waals surface area (Å²) < 4.78 is 5.94. The normalized spacial score (nSPS) is 17.4. The fraction of sp³-hybridized carbons (Fsp3) is 0.650. The van der Waals surface area contributed by atoms with Crippen LogP contribution in [0, 0.1) is 0 Å². The number of carbonyl (C=O) groups excluding carboxylic acids is 1. The highest BCUT2D eigenvalue weighted by molar-refractivity contribution is 5.94. The van der Waals surface area contributed by atoms with Gasteiger partial charge in [-0.15, -0.1) is 0 Å². The van der Waals surface area contributed by atoms with E-state index in [9.17, 15) is 4.79 Å². The van der Waals surface area contributed by atoms with Gasteiger partial charge in [0.15, 0.2) is 0 Å². The highest BCUT2D eigenvalue weighted by atomic mass is 16.5. The van der Waals surface area contributed by atoms with Crippen LogP contribution in [0.2, 0.25) is 0 Å². The number of carbonyl (C=O) groups is 1. The molecule has 25 heavy (non-hydrogen) atoms. The lowest BCUT2D eigenvalue weighted by Gasteiger charge is -2.26. The molecule has 2 amide bonds. The maximum Gasteiger partial charge on any atom is 0.321 e. The molecular formula is C20H31N3O2. The molecule has 2 aliphatic heterocycles. The number of nitrogens with one attached hydrogen (secondary N) is 1. The minimum atomic E-state index is 0.01000. The summed E-state index contributed by atoms with van der Waals surface area (Å²) in [5.74, 6) is 0.924. The summed E-state index contributed by atoms with van der Waals surface area (Å²) in [7, 11) is 0. The quantitative estimate of drug-likeness (QED) is 0.770. The van der Waals surface area contributed by atoms with E-state index in [0.717, 1.165) is 56.9 Å². The first-order valence-corrected chi connectivity index (χ1v) is 9.81. The van der Waals surface area contributed by atoms with Crippen LogP contribution in [-0.2, 0) is 6.42 Å². The van der Waals surface area contributed by atoms with Gasteiger partial charge in [-0.2, -0.15) is 0 Å². The van der Waals surface area contributed by atoms with Gasteiger partial charge in [0.05, 0.1) is 6.61 Å². The van der Waals surface area contributed by atoms with Crippen LogP contribution in [0.5, 0.6) is 5.75 Å². The molecule has 0 radical (unpaired) electrons. The van der Waals surface area contributed by atoms with Crippen LogP contribution in [0.15, 0.2) is 18.2 Å². The molecule has 0 atom stereocenters. The third-order valence-corrected chi connectivity index (χ3v) is 5.05. The van der Waals surface area contributed by atoms with E-state index in [-0.39, 0.29) is 6.03 Å². The van der Waals surface area contributed by atoms with Gasteiger partial charge >= 0.3 is 6.03 Å². The van der Waals surface area contributed by atoms with E-state index in [1.807, 2.05) is 17.0 Å². The van der Waals surface area contributed by atoms with Crippen molar-refractivity contribution < 1.29 is 9.53 Å². The lowest BCUT2D eigenvalue weighted by Crippen LogP contribution is -2.39. The molecule has 1 aromatic carbocycles. The predicted octanol–water partition coefficient (Wildman–Crippen LogP) is 3.42. The van der Waals surface area contributed by atoms with Crippen molar-refractivity contribution in [3.63, 3.8) is 0 Å². The number of urea groups is 1. The van der Waals surface area contributed by atoms with Crippen molar-refractivity contribution in [2.75, 3.05) is 44.2 Å². The van der Waals surface area contributed by atoms with E-state index in [0.29, 0.717) is 0 Å². The summed E-state index contributed by atoms with van der Waals surface area (Å²) in [4.78, 5) is 16.6. The molecule has 1 saturated heterocycles. The Bertz CT molecular complexity index is 570. The number of amides is 2. The summed E-state index contributed by atoms with van der Waals surface area (Å²) in [5.41, 5.74) is 2.23. The molecule has 1 N–H and O–H groups in total. The monoisotopic (exact) mass is 345 g/mol. The summed E-state index contributed by atoms with van der Waals surface area (Å²) in [6, 6.07) is 6.12. The summed E-state index contributed by atoms with van der Waals surface area (Å²) in [6.07, 6.45) is 7.00. The lowest BCUT2D eigenvalue weighted by molar-refractivity contribution is 0.205. The standard InChI is InChI=1S/C20H31N3O2/c1-2-10-21-20(24)23-14-9-17-16-18(7-8-19(17)23)25-15-6-13-22-11-4-3-5-12-22/h7-8,16H,2-6,9-15H2,1H3,(H,21,24). The molecule has 138 valence electrons. The van der Waals surface area contributed by atoms with E-state index < -0.39 is 0 Å². The first-order valence-electron chi connectivity index (χ1n) is 9.81. The zero-order valence-electron chi connectivity index (χ0n) is 15.4. The van der Waals surface area contributed by atoms with Crippen LogP contribution in [-0.4, -0.2) is 50.3 Å². The molecule has 2 heterocycles. The second-order valence-corrected chi connectivity index (χ2v) is 7.03. The minimum absolute atomic E-state index is 0.01000. The lowest BCUT2D eigenvalue weighted by atomic mass is 10.1. The topological polar surface area (TPSA) is 44.8 Å². The number of ether oxygens (including phenoxy) is 1. The van der Waals surface area contributed by atoms with Crippen LogP contribution in [0.1, 0.15) is 44.6 Å². The number of benzene rings is 1. The number of anilines is 1. The molecular weight excluding hydrogens is 314 g/mol. The second kappa shape index (κ2) is 9.09. The van der Waals surface area contributed by atoms with Crippen LogP contribution in [0.4, 0.5) is 10.5 Å². The van der Waals surface area contributed by atoms with E-state index in [2.05, 4.69) is 23.2 Å². The SMILES string of the molecule is CCCNC(=O)N1CCc2cc(OCCCN3CCCCC3)ccc21. The minimum Gasteiger partial charge on any atom is -0.494 e. The molecule has 5 nitrogen and oxygen atoms in total. The smallest absolute Gasteiger partial charge is 0.321 e. The zero-order valence-corrected chi connectivity index (χ0v) is 15.4. The molecule has 1 aromatic rings. The molecule has 0 aliphatic carbocycles. The Hall–Kier alpha value is -1.75. The van der Waals surface area contributed by atoms with E-state index >= 15 is 0 Å². The third kappa shape index (κ3) is 4.88. The molecule has 0 aromatic heterocycles. The van der Waals surface area contributed by atoms with Gasteiger partial charge in [-0.05, 0) is 69.0 Å². The summed E-state index contributed by atoms with van der Waals surface area (Å²) in [5, 5.41) is 2.95. The van der Waals surface area contributed by atoms with Gasteiger partial charge in [0.2, 0.25) is 0 Å². The van der Waals surface area contributed by atoms with Crippen molar-refractivity contribution in [1.29, 1.82) is 0 Å². The second-order valence-electron chi connectivity index (χ2n) is 7.03. The van der Waals surface area contributed by atoms with Crippen LogP contribution in [0.3, 0.4) is 0 Å². The number of rotatable bonds is 7. The molecule has 0 saturated carbocycles. The average molecular weight is 345 g/mol. The van der Waals surface area contributed by atoms with Crippen molar-refractivity contribution in [2.24, 2.45) is 0 Å². The number of fused-ring (bicyclic) bond motifs is 1. The molecule has 0 bridgehead atoms. The van der Waals surface area contributed by atoms with E-state index in [1.165, 1.54) is 37.9 Å². The summed E-state index contributed by atoms with van der Waals surface area (Å²) in [6.45, 7) is 7.93. The first-order chi connectivity index (χ1) is 12.3. The van der Waals surface area contributed by atoms with Gasteiger partial charge in [0, 0.05) is 25.3 Å². The van der Waals surface area contributed by atoms with Crippen molar-refractivity contribution in [3.8, 4) is 5.75 Å². The van der Waals surface area contributed by atoms with Crippen molar-refractivity contribution >= 4 is 11.7 Å². The van der Waals surface area contributed by atoms with Crippen molar-refractivity contribution in [1.82, 2.24) is 10.2 Å². The largest absolute Gasteiger partial charge is 0.494 e. The number of hydrogen-bond acceptors (Lipinski definition) is 3. The van der Waals surface area contributed by atoms with Crippen LogP contribution in [0.25, 0.3) is 0 Å². The molecule has 3 rings (SSSR count). The molecule has 0 spiro atoms. The molecule has 0 unspecified atom stereocenters. The Morgan fingerprint density at radius 2 is 2.04 bits per heavy atom. The van der Waals surface area contributed by atoms with E-state index in [1.54, 1.807) is 0 Å². The first kappa shape index (κ1) is 18.1. The van der Waals surface area contributed by atoms with Crippen LogP contribution < -0.4 is 15.0 Å². The highest BCUT2D eigenvalue weighted by Gasteiger charge is 2.24. The number of hydrogen-bond donors (Lipinski definition) is 1. The molecule has 5 heteroatoms. The van der Waals surface area contributed by atoms with Gasteiger partial charge in [-0.1, -0.05) is 13.3 Å². The zero-order chi connectivity index (χ0) is 17.5. The molecule has 1 fully saturated rings. The van der Waals surface area contributed by atoms with Gasteiger partial charge in [0.25, 0.3) is 0 Å². The maximum absolute atomic E-state index is 12.2. The van der Waals surface area contributed by atoms with Crippen LogP contribution >= 0.6 is 0 Å². The van der Waals surface area contributed by atoms with Crippen molar-refractivity contribution in [2.45, 2.75) is 45.4 Å². The predicted molar refractivity (Wildman–Crippen MR) is 102 cm³/mol. The van der Waals surface area contributed by atoms with E-state index in [4.69, 9.17) is 4.74 Å². The fourth-order valence-corrected chi connectivity index (χ4v) is 3.67. The Balaban J connectivity index is 1.46. The Morgan fingerprint density at radius 1 is 1.20 bits per heavy atom. The third-order valence-electron chi connectivity index (χ3n) is 5.05. The number of likely N-dealkylation sites (tertiary alicyclic amines) is 1. The van der Waals surface area contributed by atoms with Gasteiger partial charge < -0.3 is 15.0 Å². The fourth-order valence-electron chi connectivity index (χ4n) is 3.67. The number of piperidine rings is 1. The highest BCUT2D eigenvalue weighted by Crippen LogP contribution is 2.31. The van der Waals surface area contributed by atoms with Gasteiger partial charge in [-0.25, -0.2) is 4.79 Å².